The Bertz CT molecular complexity index is 407. The zero-order valence-electron chi connectivity index (χ0n) is 9.92. The van der Waals surface area contributed by atoms with Gasteiger partial charge in [0.05, 0.1) is 5.69 Å². The van der Waals surface area contributed by atoms with Crippen molar-refractivity contribution < 1.29 is 8.78 Å². The van der Waals surface area contributed by atoms with Crippen molar-refractivity contribution in [2.45, 2.75) is 51.0 Å². The fourth-order valence-electron chi connectivity index (χ4n) is 2.29. The van der Waals surface area contributed by atoms with E-state index in [9.17, 15) is 8.78 Å². The van der Waals surface area contributed by atoms with Crippen LogP contribution >= 0.6 is 0 Å². The van der Waals surface area contributed by atoms with Crippen LogP contribution in [-0.4, -0.2) is 15.9 Å². The van der Waals surface area contributed by atoms with Gasteiger partial charge >= 0.3 is 0 Å². The summed E-state index contributed by atoms with van der Waals surface area (Å²) < 4.78 is 26.6. The van der Waals surface area contributed by atoms with E-state index in [2.05, 4.69) is 9.97 Å². The molecule has 2 N–H and O–H groups in total. The van der Waals surface area contributed by atoms with Crippen LogP contribution < -0.4 is 5.73 Å². The molecule has 2 rings (SSSR count). The highest BCUT2D eigenvalue weighted by molar-refractivity contribution is 5.17. The Morgan fingerprint density at radius 3 is 2.94 bits per heavy atom. The molecule has 94 valence electrons. The summed E-state index contributed by atoms with van der Waals surface area (Å²) in [4.78, 5) is 8.49. The summed E-state index contributed by atoms with van der Waals surface area (Å²) in [5.74, 6) is -2.28. The molecule has 5 heteroatoms. The van der Waals surface area contributed by atoms with Crippen molar-refractivity contribution in [1.82, 2.24) is 9.97 Å². The molecule has 1 saturated carbocycles. The quantitative estimate of drug-likeness (QED) is 0.865. The number of alkyl halides is 2. The maximum Gasteiger partial charge on any atom is 0.248 e. The highest BCUT2D eigenvalue weighted by Gasteiger charge is 2.37. The molecule has 3 nitrogen and oxygen atoms in total. The third kappa shape index (κ3) is 2.77. The van der Waals surface area contributed by atoms with Crippen LogP contribution in [0.3, 0.4) is 0 Å². The molecular formula is C12H17F2N3. The first-order valence-corrected chi connectivity index (χ1v) is 5.92. The Kier molecular flexibility index (Phi) is 3.38. The lowest BCUT2D eigenvalue weighted by Crippen LogP contribution is -2.26. The van der Waals surface area contributed by atoms with Crippen molar-refractivity contribution in [1.29, 1.82) is 0 Å². The van der Waals surface area contributed by atoms with Gasteiger partial charge in [0.2, 0.25) is 5.92 Å². The van der Waals surface area contributed by atoms with Crippen molar-refractivity contribution in [3.63, 3.8) is 0 Å². The van der Waals surface area contributed by atoms with E-state index in [0.29, 0.717) is 18.8 Å². The van der Waals surface area contributed by atoms with E-state index < -0.39 is 5.92 Å². The van der Waals surface area contributed by atoms with Crippen LogP contribution in [0.1, 0.15) is 48.7 Å². The lowest BCUT2D eigenvalue weighted by Gasteiger charge is -2.28. The van der Waals surface area contributed by atoms with Gasteiger partial charge in [-0.1, -0.05) is 0 Å². The molecule has 1 aromatic heterocycles. The summed E-state index contributed by atoms with van der Waals surface area (Å²) in [6, 6.07) is 0. The second-order valence-corrected chi connectivity index (χ2v) is 4.71. The number of rotatable bonds is 2. The average Bonchev–Trinajstić information content (AvgIpc) is 2.28. The van der Waals surface area contributed by atoms with Gasteiger partial charge < -0.3 is 5.73 Å². The van der Waals surface area contributed by atoms with Crippen LogP contribution in [0.5, 0.6) is 0 Å². The smallest absolute Gasteiger partial charge is 0.248 e. The van der Waals surface area contributed by atoms with Gasteiger partial charge in [0, 0.05) is 31.5 Å². The van der Waals surface area contributed by atoms with Crippen LogP contribution in [0.4, 0.5) is 8.78 Å². The summed E-state index contributed by atoms with van der Waals surface area (Å²) in [5, 5.41) is 0. The van der Waals surface area contributed by atoms with Crippen LogP contribution in [0.15, 0.2) is 6.20 Å². The Morgan fingerprint density at radius 2 is 2.29 bits per heavy atom. The van der Waals surface area contributed by atoms with E-state index >= 15 is 0 Å². The number of halogens is 2. The molecule has 0 spiro atoms. The van der Waals surface area contributed by atoms with Gasteiger partial charge in [0.25, 0.3) is 0 Å². The summed E-state index contributed by atoms with van der Waals surface area (Å²) in [6.07, 6.45) is 2.80. The predicted octanol–water partition coefficient (Wildman–Crippen LogP) is 2.54. The molecule has 1 aliphatic carbocycles. The van der Waals surface area contributed by atoms with Crippen LogP contribution in [0.2, 0.25) is 0 Å². The van der Waals surface area contributed by atoms with Gasteiger partial charge in [-0.25, -0.2) is 18.7 Å². The van der Waals surface area contributed by atoms with Gasteiger partial charge in [-0.15, -0.1) is 0 Å². The predicted molar refractivity (Wildman–Crippen MR) is 60.8 cm³/mol. The topological polar surface area (TPSA) is 51.8 Å². The summed E-state index contributed by atoms with van der Waals surface area (Å²) in [5.41, 5.74) is 7.23. The average molecular weight is 241 g/mol. The van der Waals surface area contributed by atoms with Gasteiger partial charge in [-0.3, -0.25) is 0 Å². The molecule has 0 aromatic carbocycles. The molecule has 1 aromatic rings. The number of nitrogens with two attached hydrogens (primary N) is 1. The Balaban J connectivity index is 2.22. The number of aryl methyl sites for hydroxylation is 1. The zero-order chi connectivity index (χ0) is 12.5. The number of hydrogen-bond donors (Lipinski definition) is 1. The molecule has 1 heterocycles. The molecule has 0 saturated heterocycles. The normalized spacial score (nSPS) is 23.6. The van der Waals surface area contributed by atoms with Crippen LogP contribution in [-0.2, 0) is 6.54 Å². The lowest BCUT2D eigenvalue weighted by atomic mass is 9.86. The Morgan fingerprint density at radius 1 is 1.53 bits per heavy atom. The van der Waals surface area contributed by atoms with Crippen LogP contribution in [0.25, 0.3) is 0 Å². The second-order valence-electron chi connectivity index (χ2n) is 4.71. The van der Waals surface area contributed by atoms with E-state index in [1.807, 2.05) is 6.92 Å². The maximum absolute atomic E-state index is 13.3. The third-order valence-corrected chi connectivity index (χ3v) is 3.29. The van der Waals surface area contributed by atoms with E-state index in [1.165, 1.54) is 0 Å². The maximum atomic E-state index is 13.3. The number of nitrogens with zero attached hydrogens (tertiary/aromatic N) is 2. The van der Waals surface area contributed by atoms with Gasteiger partial charge in [0.1, 0.15) is 5.82 Å². The summed E-state index contributed by atoms with van der Waals surface area (Å²) in [7, 11) is 0. The SMILES string of the molecule is Cc1cnc(C2CCCC(F)(F)C2)nc1CN. The van der Waals surface area contributed by atoms with Crippen molar-refractivity contribution in [2.24, 2.45) is 5.73 Å². The van der Waals surface area contributed by atoms with E-state index in [4.69, 9.17) is 5.73 Å². The zero-order valence-corrected chi connectivity index (χ0v) is 9.92. The van der Waals surface area contributed by atoms with E-state index in [-0.39, 0.29) is 18.8 Å². The molecular weight excluding hydrogens is 224 g/mol. The molecule has 17 heavy (non-hydrogen) atoms. The number of aromatic nitrogens is 2. The minimum absolute atomic E-state index is 0.0148. The van der Waals surface area contributed by atoms with Crippen molar-refractivity contribution in [3.8, 4) is 0 Å². The standard InChI is InChI=1S/C12H17F2N3/c1-8-7-16-11(17-10(8)6-15)9-3-2-4-12(13,14)5-9/h7,9H,2-6,15H2,1H3. The highest BCUT2D eigenvalue weighted by atomic mass is 19.3. The molecule has 0 aliphatic heterocycles. The van der Waals surface area contributed by atoms with Crippen molar-refractivity contribution in [3.05, 3.63) is 23.3 Å². The fourth-order valence-corrected chi connectivity index (χ4v) is 2.29. The minimum Gasteiger partial charge on any atom is -0.325 e. The first kappa shape index (κ1) is 12.4. The molecule has 1 unspecified atom stereocenters. The van der Waals surface area contributed by atoms with Crippen molar-refractivity contribution in [2.75, 3.05) is 0 Å². The molecule has 0 radical (unpaired) electrons. The largest absolute Gasteiger partial charge is 0.325 e. The third-order valence-electron chi connectivity index (χ3n) is 3.29. The molecule has 1 aliphatic rings. The molecule has 1 fully saturated rings. The molecule has 0 amide bonds. The summed E-state index contributed by atoms with van der Waals surface area (Å²) in [6.45, 7) is 2.20. The first-order valence-electron chi connectivity index (χ1n) is 5.92. The van der Waals surface area contributed by atoms with Gasteiger partial charge in [-0.05, 0) is 25.3 Å². The van der Waals surface area contributed by atoms with E-state index in [0.717, 1.165) is 17.7 Å². The van der Waals surface area contributed by atoms with Crippen molar-refractivity contribution >= 4 is 0 Å². The highest BCUT2D eigenvalue weighted by Crippen LogP contribution is 2.40. The minimum atomic E-state index is -2.57. The summed E-state index contributed by atoms with van der Waals surface area (Å²) >= 11 is 0. The molecule has 1 atom stereocenters. The van der Waals surface area contributed by atoms with Gasteiger partial charge in [0.15, 0.2) is 0 Å². The fraction of sp³-hybridized carbons (Fsp3) is 0.667. The molecule has 0 bridgehead atoms. The van der Waals surface area contributed by atoms with E-state index in [1.54, 1.807) is 6.20 Å². The lowest BCUT2D eigenvalue weighted by molar-refractivity contribution is -0.0417. The number of hydrogen-bond acceptors (Lipinski definition) is 3. The first-order chi connectivity index (χ1) is 8.02. The van der Waals surface area contributed by atoms with Crippen LogP contribution in [0, 0.1) is 6.92 Å². The van der Waals surface area contributed by atoms with Gasteiger partial charge in [-0.2, -0.15) is 0 Å². The monoisotopic (exact) mass is 241 g/mol. The second kappa shape index (κ2) is 4.64. The Labute approximate surface area is 99.5 Å². The Hall–Kier alpha value is -1.10.